The van der Waals surface area contributed by atoms with E-state index in [4.69, 9.17) is 4.74 Å². The van der Waals surface area contributed by atoms with Crippen molar-refractivity contribution in [3.8, 4) is 0 Å². The maximum absolute atomic E-state index is 13.0. The number of rotatable bonds is 3. The van der Waals surface area contributed by atoms with Crippen LogP contribution in [0.4, 0.5) is 10.5 Å². The normalized spacial score (nSPS) is 16.8. The zero-order valence-electron chi connectivity index (χ0n) is 15.6. The minimum Gasteiger partial charge on any atom is -0.444 e. The minimum atomic E-state index is -1.94. The van der Waals surface area contributed by atoms with E-state index in [1.807, 2.05) is 54.9 Å². The van der Waals surface area contributed by atoms with Gasteiger partial charge in [0.25, 0.3) is 0 Å². The number of hydrogen-bond donors (Lipinski definition) is 0. The summed E-state index contributed by atoms with van der Waals surface area (Å²) in [5, 5.41) is 0. The Morgan fingerprint density at radius 3 is 2.29 bits per heavy atom. The number of carbonyl (C=O) groups is 1. The molecule has 6 heteroatoms. The van der Waals surface area contributed by atoms with E-state index in [0.717, 1.165) is 5.69 Å². The van der Waals surface area contributed by atoms with Crippen LogP contribution < -0.4 is 4.57 Å². The van der Waals surface area contributed by atoms with Crippen molar-refractivity contribution in [2.24, 2.45) is 0 Å². The Morgan fingerprint density at radius 2 is 1.75 bits per heavy atom. The van der Waals surface area contributed by atoms with Crippen molar-refractivity contribution < 1.29 is 9.53 Å². The van der Waals surface area contributed by atoms with Crippen molar-refractivity contribution >= 4 is 43.5 Å². The summed E-state index contributed by atoms with van der Waals surface area (Å²) >= 11 is 3.97. The monoisotopic (exact) mass is 383 g/mol. The summed E-state index contributed by atoms with van der Waals surface area (Å²) < 4.78 is 8.08. The fraction of sp³-hybridized carbons (Fsp3) is 0.611. The molecule has 0 unspecified atom stereocenters. The number of para-hydroxylation sites is 1. The number of hydrogen-bond acceptors (Lipinski definition) is 4. The van der Waals surface area contributed by atoms with E-state index in [1.165, 1.54) is 23.5 Å². The quantitative estimate of drug-likeness (QED) is 0.587. The SMILES string of the molecule is CC(C)(C)OC(=O)N(c1ccccc1C1SCCCS1)[Si](C)(C)C. The Bertz CT molecular complexity index is 575. The molecule has 1 aliphatic heterocycles. The van der Waals surface area contributed by atoms with E-state index in [-0.39, 0.29) is 6.09 Å². The first kappa shape index (κ1) is 19.7. The molecule has 0 saturated carbocycles. The van der Waals surface area contributed by atoms with Gasteiger partial charge in [0.05, 0.1) is 4.58 Å². The van der Waals surface area contributed by atoms with Gasteiger partial charge < -0.3 is 9.30 Å². The smallest absolute Gasteiger partial charge is 0.406 e. The Labute approximate surface area is 156 Å². The summed E-state index contributed by atoms with van der Waals surface area (Å²) in [5.41, 5.74) is 1.79. The molecule has 0 aliphatic carbocycles. The molecule has 1 aliphatic rings. The molecular weight excluding hydrogens is 354 g/mol. The predicted molar refractivity (Wildman–Crippen MR) is 111 cm³/mol. The lowest BCUT2D eigenvalue weighted by Crippen LogP contribution is -2.52. The van der Waals surface area contributed by atoms with Crippen LogP contribution in [-0.4, -0.2) is 31.4 Å². The number of nitrogens with zero attached hydrogens (tertiary/aromatic N) is 1. The van der Waals surface area contributed by atoms with Crippen LogP contribution in [0.2, 0.25) is 19.6 Å². The number of amides is 1. The molecule has 0 bridgehead atoms. The minimum absolute atomic E-state index is 0.222. The summed E-state index contributed by atoms with van der Waals surface area (Å²) in [7, 11) is -1.94. The molecule has 1 saturated heterocycles. The Kier molecular flexibility index (Phi) is 6.37. The van der Waals surface area contributed by atoms with Crippen molar-refractivity contribution in [3.63, 3.8) is 0 Å². The van der Waals surface area contributed by atoms with Crippen LogP contribution in [-0.2, 0) is 4.74 Å². The summed E-state index contributed by atoms with van der Waals surface area (Å²) in [4.78, 5) is 13.0. The molecule has 0 radical (unpaired) electrons. The van der Waals surface area contributed by atoms with E-state index >= 15 is 0 Å². The molecule has 0 spiro atoms. The lowest BCUT2D eigenvalue weighted by Gasteiger charge is -2.38. The molecule has 1 fully saturated rings. The Balaban J connectivity index is 2.41. The number of ether oxygens (including phenoxy) is 1. The number of anilines is 1. The summed E-state index contributed by atoms with van der Waals surface area (Å²) in [5.74, 6) is 2.37. The summed E-state index contributed by atoms with van der Waals surface area (Å²) in [6.07, 6.45) is 1.04. The summed E-state index contributed by atoms with van der Waals surface area (Å²) in [6.45, 7) is 12.3. The maximum atomic E-state index is 13.0. The molecule has 1 heterocycles. The van der Waals surface area contributed by atoms with E-state index in [9.17, 15) is 4.79 Å². The highest BCUT2D eigenvalue weighted by molar-refractivity contribution is 8.16. The third-order valence-corrected chi connectivity index (χ3v) is 8.25. The first-order valence-corrected chi connectivity index (χ1v) is 14.0. The Hall–Kier alpha value is -0.593. The van der Waals surface area contributed by atoms with Gasteiger partial charge in [-0.2, -0.15) is 0 Å². The first-order chi connectivity index (χ1) is 11.1. The number of carbonyl (C=O) groups excluding carboxylic acids is 1. The Morgan fingerprint density at radius 1 is 1.17 bits per heavy atom. The second kappa shape index (κ2) is 7.75. The van der Waals surface area contributed by atoms with Crippen LogP contribution in [0, 0.1) is 0 Å². The number of benzene rings is 1. The van der Waals surface area contributed by atoms with Gasteiger partial charge in [-0.05, 0) is 50.3 Å². The van der Waals surface area contributed by atoms with Crippen LogP contribution in [0.5, 0.6) is 0 Å². The molecule has 0 N–H and O–H groups in total. The molecule has 0 aromatic heterocycles. The van der Waals surface area contributed by atoms with Gasteiger partial charge >= 0.3 is 6.09 Å². The highest BCUT2D eigenvalue weighted by atomic mass is 32.2. The average molecular weight is 384 g/mol. The predicted octanol–water partition coefficient (Wildman–Crippen LogP) is 6.13. The van der Waals surface area contributed by atoms with E-state index < -0.39 is 13.8 Å². The fourth-order valence-corrected chi connectivity index (χ4v) is 7.07. The zero-order valence-corrected chi connectivity index (χ0v) is 18.2. The van der Waals surface area contributed by atoms with Crippen molar-refractivity contribution in [2.45, 2.75) is 57.0 Å². The average Bonchev–Trinajstić information content (AvgIpc) is 2.45. The maximum Gasteiger partial charge on any atom is 0.406 e. The van der Waals surface area contributed by atoms with Crippen LogP contribution in [0.3, 0.4) is 0 Å². The van der Waals surface area contributed by atoms with Crippen molar-refractivity contribution in [1.82, 2.24) is 0 Å². The fourth-order valence-electron chi connectivity index (χ4n) is 2.60. The van der Waals surface area contributed by atoms with E-state index in [2.05, 4.69) is 37.8 Å². The van der Waals surface area contributed by atoms with E-state index in [1.54, 1.807) is 0 Å². The molecule has 0 atom stereocenters. The summed E-state index contributed by atoms with van der Waals surface area (Å²) in [6, 6.07) is 8.34. The largest absolute Gasteiger partial charge is 0.444 e. The van der Waals surface area contributed by atoms with Crippen molar-refractivity contribution in [1.29, 1.82) is 0 Å². The van der Waals surface area contributed by atoms with E-state index in [0.29, 0.717) is 4.58 Å². The van der Waals surface area contributed by atoms with Gasteiger partial charge in [-0.25, -0.2) is 4.79 Å². The molecule has 134 valence electrons. The van der Waals surface area contributed by atoms with Gasteiger partial charge in [0, 0.05) is 5.69 Å². The molecular formula is C18H29NO2S2Si. The van der Waals surface area contributed by atoms with Crippen LogP contribution >= 0.6 is 23.5 Å². The number of thioether (sulfide) groups is 2. The molecule has 1 aromatic rings. The second-order valence-electron chi connectivity index (χ2n) is 7.97. The molecule has 3 nitrogen and oxygen atoms in total. The van der Waals surface area contributed by atoms with Gasteiger partial charge in [0.1, 0.15) is 5.60 Å². The van der Waals surface area contributed by atoms with Crippen LogP contribution in [0.1, 0.15) is 37.3 Å². The zero-order chi connectivity index (χ0) is 18.0. The van der Waals surface area contributed by atoms with Gasteiger partial charge in [0.2, 0.25) is 0 Å². The van der Waals surface area contributed by atoms with Crippen LogP contribution in [0.25, 0.3) is 0 Å². The molecule has 24 heavy (non-hydrogen) atoms. The van der Waals surface area contributed by atoms with Gasteiger partial charge in [0.15, 0.2) is 8.24 Å². The topological polar surface area (TPSA) is 29.5 Å². The third kappa shape index (κ3) is 5.20. The molecule has 1 amide bonds. The molecule has 1 aromatic carbocycles. The van der Waals surface area contributed by atoms with Gasteiger partial charge in [-0.1, -0.05) is 37.8 Å². The third-order valence-electron chi connectivity index (χ3n) is 3.51. The van der Waals surface area contributed by atoms with Crippen molar-refractivity contribution in [2.75, 3.05) is 16.1 Å². The standard InChI is InChI=1S/C18H29NO2S2Si/c1-18(2,3)21-17(20)19(24(4,5)6)15-11-8-7-10-14(15)16-22-12-9-13-23-16/h7-8,10-11,16H,9,12-13H2,1-6H3. The van der Waals surface area contributed by atoms with Gasteiger partial charge in [-0.15, -0.1) is 23.5 Å². The second-order valence-corrected chi connectivity index (χ2v) is 15.5. The van der Waals surface area contributed by atoms with Gasteiger partial charge in [-0.3, -0.25) is 0 Å². The van der Waals surface area contributed by atoms with Crippen molar-refractivity contribution in [3.05, 3.63) is 29.8 Å². The lowest BCUT2D eigenvalue weighted by atomic mass is 10.2. The highest BCUT2D eigenvalue weighted by Gasteiger charge is 2.36. The molecule has 2 rings (SSSR count). The first-order valence-electron chi connectivity index (χ1n) is 8.45. The lowest BCUT2D eigenvalue weighted by molar-refractivity contribution is 0.0605. The van der Waals surface area contributed by atoms with Crippen LogP contribution in [0.15, 0.2) is 24.3 Å². The highest BCUT2D eigenvalue weighted by Crippen LogP contribution is 2.47.